The minimum Gasteiger partial charge on any atom is -0.492 e. The molecule has 0 aliphatic heterocycles. The van der Waals surface area contributed by atoms with E-state index in [9.17, 15) is 13.2 Å². The molecule has 4 rings (SSSR count). The molecule has 0 atom stereocenters. The molecule has 0 unspecified atom stereocenters. The van der Waals surface area contributed by atoms with Crippen LogP contribution in [0, 0.1) is 0 Å². The maximum absolute atomic E-state index is 13.6. The van der Waals surface area contributed by atoms with E-state index in [1.54, 1.807) is 32.2 Å². The number of carbonyl (C=O) groups excluding carboxylic acids is 1. The lowest BCUT2D eigenvalue weighted by Crippen LogP contribution is -2.33. The number of hydrogen-bond donors (Lipinski definition) is 0. The van der Waals surface area contributed by atoms with Crippen LogP contribution in [0.15, 0.2) is 70.2 Å². The number of sulfonamides is 1. The predicted octanol–water partition coefficient (Wildman–Crippen LogP) is 5.16. The molecule has 2 aromatic carbocycles. The molecule has 2 aromatic heterocycles. The van der Waals surface area contributed by atoms with Gasteiger partial charge in [-0.2, -0.15) is 4.31 Å². The summed E-state index contributed by atoms with van der Waals surface area (Å²) < 4.78 is 39.0. The highest BCUT2D eigenvalue weighted by Crippen LogP contribution is 2.35. The number of carbonyl (C=O) groups is 1. The minimum atomic E-state index is -3.65. The standard InChI is InChI=1S/C25H27N3O5S2/c1-5-32-21-9-6-10-22-23(21)26-25(34-22)28(16-19-8-7-15-33-19)24(29)18-11-13-20(14-12-18)35(30,31)27(4)17(2)3/h6-15,17H,5,16H2,1-4H3. The van der Waals surface area contributed by atoms with Gasteiger partial charge in [0.05, 0.1) is 29.0 Å². The molecule has 35 heavy (non-hydrogen) atoms. The molecule has 0 aliphatic carbocycles. The summed E-state index contributed by atoms with van der Waals surface area (Å²) in [5.74, 6) is 0.932. The van der Waals surface area contributed by atoms with Gasteiger partial charge in [-0.05, 0) is 69.3 Å². The van der Waals surface area contributed by atoms with Gasteiger partial charge in [0.25, 0.3) is 5.91 Å². The molecule has 10 heteroatoms. The fourth-order valence-electron chi connectivity index (χ4n) is 3.45. The SMILES string of the molecule is CCOc1cccc2sc(N(Cc3ccco3)C(=O)c3ccc(S(=O)(=O)N(C)C(C)C)cc3)nc12. The lowest BCUT2D eigenvalue weighted by Gasteiger charge is -2.21. The Labute approximate surface area is 208 Å². The van der Waals surface area contributed by atoms with Crippen molar-refractivity contribution in [2.24, 2.45) is 0 Å². The highest BCUT2D eigenvalue weighted by molar-refractivity contribution is 7.89. The molecule has 0 bridgehead atoms. The van der Waals surface area contributed by atoms with Crippen molar-refractivity contribution < 1.29 is 22.4 Å². The van der Waals surface area contributed by atoms with E-state index >= 15 is 0 Å². The molecule has 4 aromatic rings. The van der Waals surface area contributed by atoms with Crippen molar-refractivity contribution in [1.29, 1.82) is 0 Å². The number of ether oxygens (including phenoxy) is 1. The highest BCUT2D eigenvalue weighted by Gasteiger charge is 2.26. The summed E-state index contributed by atoms with van der Waals surface area (Å²) in [5.41, 5.74) is 1.02. The molecule has 0 spiro atoms. The van der Waals surface area contributed by atoms with E-state index in [4.69, 9.17) is 14.1 Å². The molecule has 0 radical (unpaired) electrons. The maximum Gasteiger partial charge on any atom is 0.260 e. The Morgan fingerprint density at radius 3 is 2.49 bits per heavy atom. The zero-order valence-electron chi connectivity index (χ0n) is 20.0. The van der Waals surface area contributed by atoms with E-state index in [-0.39, 0.29) is 23.4 Å². The van der Waals surface area contributed by atoms with Crippen molar-refractivity contribution in [3.8, 4) is 5.75 Å². The molecular weight excluding hydrogens is 486 g/mol. The third kappa shape index (κ3) is 5.09. The molecule has 0 aliphatic rings. The van der Waals surface area contributed by atoms with E-state index in [1.165, 1.54) is 51.9 Å². The summed E-state index contributed by atoms with van der Waals surface area (Å²) in [6, 6.07) is 15.0. The first kappa shape index (κ1) is 24.9. The lowest BCUT2D eigenvalue weighted by atomic mass is 10.2. The van der Waals surface area contributed by atoms with Crippen LogP contribution in [0.2, 0.25) is 0 Å². The molecule has 0 N–H and O–H groups in total. The molecule has 1 amide bonds. The van der Waals surface area contributed by atoms with Crippen LogP contribution in [0.3, 0.4) is 0 Å². The van der Waals surface area contributed by atoms with Gasteiger partial charge < -0.3 is 9.15 Å². The summed E-state index contributed by atoms with van der Waals surface area (Å²) in [6.45, 7) is 6.18. The van der Waals surface area contributed by atoms with Crippen LogP contribution >= 0.6 is 11.3 Å². The fraction of sp³-hybridized carbons (Fsp3) is 0.280. The monoisotopic (exact) mass is 513 g/mol. The number of nitrogens with zero attached hydrogens (tertiary/aromatic N) is 3. The van der Waals surface area contributed by atoms with E-state index in [0.29, 0.717) is 34.3 Å². The number of aromatic nitrogens is 1. The smallest absolute Gasteiger partial charge is 0.260 e. The number of thiazole rings is 1. The Bertz CT molecular complexity index is 1410. The second-order valence-electron chi connectivity index (χ2n) is 8.14. The van der Waals surface area contributed by atoms with Crippen LogP contribution in [0.25, 0.3) is 10.2 Å². The van der Waals surface area contributed by atoms with Crippen LogP contribution in [0.1, 0.15) is 36.9 Å². The largest absolute Gasteiger partial charge is 0.492 e. The van der Waals surface area contributed by atoms with Gasteiger partial charge in [0.1, 0.15) is 17.0 Å². The Morgan fingerprint density at radius 1 is 1.11 bits per heavy atom. The molecule has 2 heterocycles. The molecule has 184 valence electrons. The average molecular weight is 514 g/mol. The Kier molecular flexibility index (Phi) is 7.25. The third-order valence-electron chi connectivity index (χ3n) is 5.55. The summed E-state index contributed by atoms with van der Waals surface area (Å²) in [5, 5.41) is 0.491. The zero-order valence-corrected chi connectivity index (χ0v) is 21.6. The van der Waals surface area contributed by atoms with Gasteiger partial charge in [-0.3, -0.25) is 9.69 Å². The first-order chi connectivity index (χ1) is 16.7. The Hall–Kier alpha value is -3.21. The van der Waals surface area contributed by atoms with Crippen molar-refractivity contribution in [2.45, 2.75) is 38.3 Å². The van der Waals surface area contributed by atoms with Gasteiger partial charge >= 0.3 is 0 Å². The summed E-state index contributed by atoms with van der Waals surface area (Å²) in [6.07, 6.45) is 1.55. The van der Waals surface area contributed by atoms with Crippen LogP contribution in [-0.2, 0) is 16.6 Å². The number of hydrogen-bond acceptors (Lipinski definition) is 7. The molecule has 8 nitrogen and oxygen atoms in total. The number of amides is 1. The first-order valence-electron chi connectivity index (χ1n) is 11.2. The van der Waals surface area contributed by atoms with Crippen LogP contribution in [0.4, 0.5) is 5.13 Å². The second-order valence-corrected chi connectivity index (χ2v) is 11.1. The van der Waals surface area contributed by atoms with Gasteiger partial charge in [-0.25, -0.2) is 13.4 Å². The molecular formula is C25H27N3O5S2. The predicted molar refractivity (Wildman–Crippen MR) is 137 cm³/mol. The summed E-state index contributed by atoms with van der Waals surface area (Å²) >= 11 is 1.37. The number of benzene rings is 2. The van der Waals surface area contributed by atoms with Gasteiger partial charge in [0.15, 0.2) is 5.13 Å². The molecule has 0 fully saturated rings. The lowest BCUT2D eigenvalue weighted by molar-refractivity contribution is 0.0983. The first-order valence-corrected chi connectivity index (χ1v) is 13.4. The second kappa shape index (κ2) is 10.2. The quantitative estimate of drug-likeness (QED) is 0.307. The minimum absolute atomic E-state index is 0.129. The van der Waals surface area contributed by atoms with Gasteiger partial charge in [0, 0.05) is 18.7 Å². The Balaban J connectivity index is 1.71. The molecule has 0 saturated heterocycles. The van der Waals surface area contributed by atoms with E-state index in [0.717, 1.165) is 4.70 Å². The number of rotatable bonds is 9. The van der Waals surface area contributed by atoms with Gasteiger partial charge in [0.2, 0.25) is 10.0 Å². The number of anilines is 1. The topological polar surface area (TPSA) is 92.9 Å². The number of furan rings is 1. The molecule has 0 saturated carbocycles. The van der Waals surface area contributed by atoms with E-state index in [2.05, 4.69) is 0 Å². The van der Waals surface area contributed by atoms with Crippen molar-refractivity contribution in [3.63, 3.8) is 0 Å². The van der Waals surface area contributed by atoms with E-state index in [1.807, 2.05) is 25.1 Å². The fourth-order valence-corrected chi connectivity index (χ4v) is 5.80. The van der Waals surface area contributed by atoms with Crippen LogP contribution in [-0.4, -0.2) is 43.3 Å². The Morgan fingerprint density at radius 2 is 1.86 bits per heavy atom. The van der Waals surface area contributed by atoms with Crippen molar-refractivity contribution in [2.75, 3.05) is 18.6 Å². The van der Waals surface area contributed by atoms with Gasteiger partial charge in [-0.15, -0.1) is 0 Å². The van der Waals surface area contributed by atoms with Gasteiger partial charge in [-0.1, -0.05) is 17.4 Å². The highest BCUT2D eigenvalue weighted by atomic mass is 32.2. The summed E-state index contributed by atoms with van der Waals surface area (Å²) in [4.78, 5) is 20.0. The third-order valence-corrected chi connectivity index (χ3v) is 8.64. The van der Waals surface area contributed by atoms with Crippen molar-refractivity contribution >= 4 is 42.6 Å². The van der Waals surface area contributed by atoms with E-state index < -0.39 is 10.0 Å². The van der Waals surface area contributed by atoms with Crippen molar-refractivity contribution in [3.05, 3.63) is 72.2 Å². The number of fused-ring (bicyclic) bond motifs is 1. The average Bonchev–Trinajstić information content (AvgIpc) is 3.52. The summed E-state index contributed by atoms with van der Waals surface area (Å²) in [7, 11) is -2.12. The maximum atomic E-state index is 13.6. The normalized spacial score (nSPS) is 11.9. The van der Waals surface area contributed by atoms with Crippen molar-refractivity contribution in [1.82, 2.24) is 9.29 Å². The zero-order chi connectivity index (χ0) is 25.2. The number of para-hydroxylation sites is 1. The van der Waals surface area contributed by atoms with Crippen LogP contribution in [0.5, 0.6) is 5.75 Å². The van der Waals surface area contributed by atoms with Crippen LogP contribution < -0.4 is 9.64 Å².